The Morgan fingerprint density at radius 3 is 2.95 bits per heavy atom. The normalized spacial score (nSPS) is 13.9. The number of hydrogen-bond donors (Lipinski definition) is 1. The molecule has 0 fully saturated rings. The molecule has 108 valence electrons. The molecule has 1 N–H and O–H groups in total. The van der Waals surface area contributed by atoms with Crippen LogP contribution in [0.15, 0.2) is 54.9 Å². The van der Waals surface area contributed by atoms with Crippen molar-refractivity contribution < 1.29 is 9.53 Å². The van der Waals surface area contributed by atoms with Crippen molar-refractivity contribution in [2.24, 2.45) is 0 Å². The van der Waals surface area contributed by atoms with E-state index in [1.165, 1.54) is 5.39 Å². The van der Waals surface area contributed by atoms with Crippen molar-refractivity contribution in [2.75, 3.05) is 11.9 Å². The maximum absolute atomic E-state index is 11.4. The fourth-order valence-electron chi connectivity index (χ4n) is 2.84. The summed E-state index contributed by atoms with van der Waals surface area (Å²) < 4.78 is 5.04. The molecule has 0 atom stereocenters. The molecule has 2 heterocycles. The van der Waals surface area contributed by atoms with Gasteiger partial charge in [0.15, 0.2) is 0 Å². The number of amides is 1. The number of carbonyl (C=O) groups excluding carboxylic acids is 1. The summed E-state index contributed by atoms with van der Waals surface area (Å²) in [5.74, 6) is 0. The van der Waals surface area contributed by atoms with Crippen LogP contribution in [-0.2, 0) is 11.2 Å². The van der Waals surface area contributed by atoms with Crippen LogP contribution in [0.2, 0.25) is 0 Å². The van der Waals surface area contributed by atoms with E-state index < -0.39 is 6.09 Å². The number of hydrogen-bond acceptors (Lipinski definition) is 3. The Morgan fingerprint density at radius 1 is 1.09 bits per heavy atom. The van der Waals surface area contributed by atoms with Crippen LogP contribution >= 0.6 is 0 Å². The van der Waals surface area contributed by atoms with Gasteiger partial charge in [0, 0.05) is 35.5 Å². The number of pyridine rings is 1. The molecule has 1 amide bonds. The molecule has 0 spiro atoms. The molecule has 3 aromatic rings. The minimum atomic E-state index is -0.390. The number of rotatable bonds is 1. The van der Waals surface area contributed by atoms with Crippen molar-refractivity contribution >= 4 is 22.6 Å². The highest BCUT2D eigenvalue weighted by Crippen LogP contribution is 2.31. The van der Waals surface area contributed by atoms with Crippen LogP contribution in [0.4, 0.5) is 10.5 Å². The van der Waals surface area contributed by atoms with Gasteiger partial charge < -0.3 is 4.74 Å². The number of carbonyl (C=O) groups is 1. The lowest BCUT2D eigenvalue weighted by atomic mass is 9.98. The average Bonchev–Trinajstić information content (AvgIpc) is 2.74. The molecule has 0 radical (unpaired) electrons. The van der Waals surface area contributed by atoms with Crippen LogP contribution in [0.3, 0.4) is 0 Å². The smallest absolute Gasteiger partial charge is 0.411 e. The lowest BCUT2D eigenvalue weighted by Gasteiger charge is -2.10. The van der Waals surface area contributed by atoms with E-state index >= 15 is 0 Å². The van der Waals surface area contributed by atoms with Gasteiger partial charge in [-0.3, -0.25) is 10.3 Å². The summed E-state index contributed by atoms with van der Waals surface area (Å²) >= 11 is 0. The molecule has 1 aromatic heterocycles. The number of aromatic nitrogens is 1. The second kappa shape index (κ2) is 5.15. The molecular formula is C18H14N2O2. The van der Waals surface area contributed by atoms with Crippen LogP contribution in [0.25, 0.3) is 21.9 Å². The Hall–Kier alpha value is -2.88. The topological polar surface area (TPSA) is 51.2 Å². The molecule has 0 bridgehead atoms. The van der Waals surface area contributed by atoms with Gasteiger partial charge in [0.1, 0.15) is 0 Å². The SMILES string of the molecule is O=C1Nc2ccc(-c3cncc4ccccc34)cc2CCO1. The van der Waals surface area contributed by atoms with Crippen molar-refractivity contribution in [3.8, 4) is 11.1 Å². The second-order valence-electron chi connectivity index (χ2n) is 5.29. The summed E-state index contributed by atoms with van der Waals surface area (Å²) in [5, 5.41) is 5.05. The molecule has 2 aromatic carbocycles. The zero-order valence-electron chi connectivity index (χ0n) is 11.9. The minimum Gasteiger partial charge on any atom is -0.449 e. The van der Waals surface area contributed by atoms with Crippen molar-refractivity contribution in [3.05, 3.63) is 60.4 Å². The summed E-state index contributed by atoms with van der Waals surface area (Å²) in [6, 6.07) is 14.2. The van der Waals surface area contributed by atoms with E-state index in [2.05, 4.69) is 28.5 Å². The Balaban J connectivity index is 1.86. The zero-order chi connectivity index (χ0) is 14.9. The van der Waals surface area contributed by atoms with Gasteiger partial charge in [-0.25, -0.2) is 4.79 Å². The number of nitrogens with one attached hydrogen (secondary N) is 1. The maximum atomic E-state index is 11.4. The molecule has 4 rings (SSSR count). The Kier molecular flexibility index (Phi) is 3.00. The fourth-order valence-corrected chi connectivity index (χ4v) is 2.84. The molecule has 1 aliphatic rings. The maximum Gasteiger partial charge on any atom is 0.411 e. The first kappa shape index (κ1) is 12.8. The largest absolute Gasteiger partial charge is 0.449 e. The molecule has 4 heteroatoms. The minimum absolute atomic E-state index is 0.390. The standard InChI is InChI=1S/C18H14N2O2/c21-18-20-17-6-5-12(9-13(17)7-8-22-18)16-11-19-10-14-3-1-2-4-15(14)16/h1-6,9-11H,7-8H2,(H,20,21). The van der Waals surface area contributed by atoms with Gasteiger partial charge in [-0.2, -0.15) is 0 Å². The third kappa shape index (κ3) is 2.19. The van der Waals surface area contributed by atoms with Gasteiger partial charge in [-0.1, -0.05) is 30.3 Å². The first-order chi connectivity index (χ1) is 10.8. The molecule has 22 heavy (non-hydrogen) atoms. The molecule has 4 nitrogen and oxygen atoms in total. The highest BCUT2D eigenvalue weighted by molar-refractivity contribution is 5.96. The second-order valence-corrected chi connectivity index (χ2v) is 5.29. The lowest BCUT2D eigenvalue weighted by Crippen LogP contribution is -2.11. The van der Waals surface area contributed by atoms with Gasteiger partial charge in [0.05, 0.1) is 6.61 Å². The number of fused-ring (bicyclic) bond motifs is 2. The molecule has 0 unspecified atom stereocenters. The van der Waals surface area contributed by atoms with Crippen LogP contribution in [0.5, 0.6) is 0 Å². The predicted molar refractivity (Wildman–Crippen MR) is 85.9 cm³/mol. The first-order valence-corrected chi connectivity index (χ1v) is 7.21. The summed E-state index contributed by atoms with van der Waals surface area (Å²) in [6.07, 6.45) is 4.07. The quantitative estimate of drug-likeness (QED) is 0.736. The Morgan fingerprint density at radius 2 is 2.00 bits per heavy atom. The van der Waals surface area contributed by atoms with Gasteiger partial charge in [-0.15, -0.1) is 0 Å². The average molecular weight is 290 g/mol. The van der Waals surface area contributed by atoms with Crippen LogP contribution in [0.1, 0.15) is 5.56 Å². The third-order valence-electron chi connectivity index (χ3n) is 3.93. The van der Waals surface area contributed by atoms with Crippen LogP contribution in [-0.4, -0.2) is 17.7 Å². The predicted octanol–water partition coefficient (Wildman–Crippen LogP) is 4.01. The number of nitrogens with zero attached hydrogens (tertiary/aromatic N) is 1. The highest BCUT2D eigenvalue weighted by Gasteiger charge is 2.14. The number of ether oxygens (including phenoxy) is 1. The van der Waals surface area contributed by atoms with E-state index in [9.17, 15) is 4.79 Å². The van der Waals surface area contributed by atoms with E-state index in [1.54, 1.807) is 0 Å². The van der Waals surface area contributed by atoms with E-state index in [1.807, 2.05) is 36.7 Å². The van der Waals surface area contributed by atoms with Crippen molar-refractivity contribution in [3.63, 3.8) is 0 Å². The van der Waals surface area contributed by atoms with Gasteiger partial charge in [-0.05, 0) is 28.6 Å². The summed E-state index contributed by atoms with van der Waals surface area (Å²) in [4.78, 5) is 15.8. The fraction of sp³-hybridized carbons (Fsp3) is 0.111. The number of anilines is 1. The first-order valence-electron chi connectivity index (χ1n) is 7.21. The highest BCUT2D eigenvalue weighted by atomic mass is 16.5. The van der Waals surface area contributed by atoms with E-state index in [0.717, 1.165) is 27.8 Å². The van der Waals surface area contributed by atoms with Gasteiger partial charge in [0.2, 0.25) is 0 Å². The molecule has 0 saturated carbocycles. The van der Waals surface area contributed by atoms with E-state index in [0.29, 0.717) is 13.0 Å². The number of benzene rings is 2. The third-order valence-corrected chi connectivity index (χ3v) is 3.93. The van der Waals surface area contributed by atoms with E-state index in [4.69, 9.17) is 4.74 Å². The molecule has 0 aliphatic carbocycles. The molecular weight excluding hydrogens is 276 g/mol. The van der Waals surface area contributed by atoms with E-state index in [-0.39, 0.29) is 0 Å². The van der Waals surface area contributed by atoms with Gasteiger partial charge in [0.25, 0.3) is 0 Å². The van der Waals surface area contributed by atoms with Crippen LogP contribution in [0, 0.1) is 0 Å². The summed E-state index contributed by atoms with van der Waals surface area (Å²) in [6.45, 7) is 0.399. The Labute approximate surface area is 127 Å². The van der Waals surface area contributed by atoms with Crippen LogP contribution < -0.4 is 5.32 Å². The van der Waals surface area contributed by atoms with Crippen molar-refractivity contribution in [1.82, 2.24) is 4.98 Å². The molecule has 0 saturated heterocycles. The zero-order valence-corrected chi connectivity index (χ0v) is 11.9. The summed E-state index contributed by atoms with van der Waals surface area (Å²) in [7, 11) is 0. The van der Waals surface area contributed by atoms with Crippen molar-refractivity contribution in [1.29, 1.82) is 0 Å². The van der Waals surface area contributed by atoms with Gasteiger partial charge >= 0.3 is 6.09 Å². The summed E-state index contributed by atoms with van der Waals surface area (Å²) in [5.41, 5.74) is 4.09. The van der Waals surface area contributed by atoms with Crippen molar-refractivity contribution in [2.45, 2.75) is 6.42 Å². The monoisotopic (exact) mass is 290 g/mol. The molecule has 1 aliphatic heterocycles. The number of cyclic esters (lactones) is 1. The Bertz CT molecular complexity index is 869. The lowest BCUT2D eigenvalue weighted by molar-refractivity contribution is 0.165.